The van der Waals surface area contributed by atoms with Crippen molar-refractivity contribution in [3.8, 4) is 0 Å². The van der Waals surface area contributed by atoms with Crippen molar-refractivity contribution in [3.63, 3.8) is 0 Å². The maximum absolute atomic E-state index is 13.7. The molecule has 1 unspecified atom stereocenters. The highest BCUT2D eigenvalue weighted by Gasteiger charge is 2.22. The van der Waals surface area contributed by atoms with Crippen molar-refractivity contribution in [2.75, 3.05) is 11.9 Å². The van der Waals surface area contributed by atoms with Crippen LogP contribution in [0, 0.1) is 5.82 Å². The van der Waals surface area contributed by atoms with Gasteiger partial charge in [0.15, 0.2) is 5.82 Å². The number of fused-ring (bicyclic) bond motifs is 2. The molecular weight excluding hydrogens is 253 g/mol. The summed E-state index contributed by atoms with van der Waals surface area (Å²) < 4.78 is 13.7. The third-order valence-corrected chi connectivity index (χ3v) is 3.89. The molecule has 0 saturated heterocycles. The number of benzene rings is 2. The van der Waals surface area contributed by atoms with Crippen LogP contribution in [0.1, 0.15) is 17.3 Å². The third-order valence-electron chi connectivity index (χ3n) is 3.89. The summed E-state index contributed by atoms with van der Waals surface area (Å²) in [6.07, 6.45) is 0.921. The Morgan fingerprint density at radius 3 is 2.90 bits per heavy atom. The second-order valence-corrected chi connectivity index (χ2v) is 5.20. The fourth-order valence-corrected chi connectivity index (χ4v) is 2.84. The first kappa shape index (κ1) is 11.5. The maximum Gasteiger partial charge on any atom is 0.151 e. The SMILES string of the molecule is Fc1cccc2[nH]c(C3CNc4ccccc4C3)nc12. The summed E-state index contributed by atoms with van der Waals surface area (Å²) >= 11 is 0. The van der Waals surface area contributed by atoms with E-state index in [1.54, 1.807) is 6.07 Å². The van der Waals surface area contributed by atoms with E-state index in [4.69, 9.17) is 0 Å². The van der Waals surface area contributed by atoms with Gasteiger partial charge >= 0.3 is 0 Å². The molecule has 0 spiro atoms. The van der Waals surface area contributed by atoms with Gasteiger partial charge in [-0.1, -0.05) is 24.3 Å². The van der Waals surface area contributed by atoms with Crippen molar-refractivity contribution in [2.24, 2.45) is 0 Å². The molecule has 1 aliphatic heterocycles. The Kier molecular flexibility index (Phi) is 2.49. The van der Waals surface area contributed by atoms with Gasteiger partial charge in [0, 0.05) is 18.2 Å². The predicted molar refractivity (Wildman–Crippen MR) is 77.4 cm³/mol. The number of hydrogen-bond acceptors (Lipinski definition) is 2. The second-order valence-electron chi connectivity index (χ2n) is 5.20. The van der Waals surface area contributed by atoms with Gasteiger partial charge in [0.25, 0.3) is 0 Å². The smallest absolute Gasteiger partial charge is 0.151 e. The van der Waals surface area contributed by atoms with Crippen LogP contribution < -0.4 is 5.32 Å². The van der Waals surface area contributed by atoms with E-state index in [0.29, 0.717) is 5.52 Å². The molecule has 4 heteroatoms. The highest BCUT2D eigenvalue weighted by Crippen LogP contribution is 2.30. The van der Waals surface area contributed by atoms with E-state index in [9.17, 15) is 4.39 Å². The molecule has 1 aliphatic rings. The molecule has 3 aromatic rings. The average Bonchev–Trinajstić information content (AvgIpc) is 2.92. The number of nitrogens with one attached hydrogen (secondary N) is 2. The fourth-order valence-electron chi connectivity index (χ4n) is 2.84. The van der Waals surface area contributed by atoms with Crippen LogP contribution in [0.15, 0.2) is 42.5 Å². The fraction of sp³-hybridized carbons (Fsp3) is 0.188. The van der Waals surface area contributed by atoms with E-state index in [-0.39, 0.29) is 11.7 Å². The number of rotatable bonds is 1. The lowest BCUT2D eigenvalue weighted by Gasteiger charge is -2.24. The van der Waals surface area contributed by atoms with Gasteiger partial charge in [0.2, 0.25) is 0 Å². The second kappa shape index (κ2) is 4.34. The molecule has 0 radical (unpaired) electrons. The zero-order valence-corrected chi connectivity index (χ0v) is 10.9. The predicted octanol–water partition coefficient (Wildman–Crippen LogP) is 3.45. The first-order valence-corrected chi connectivity index (χ1v) is 6.77. The number of anilines is 1. The van der Waals surface area contributed by atoms with Crippen molar-refractivity contribution < 1.29 is 4.39 Å². The van der Waals surface area contributed by atoms with E-state index in [0.717, 1.165) is 24.3 Å². The lowest BCUT2D eigenvalue weighted by Crippen LogP contribution is -2.22. The van der Waals surface area contributed by atoms with Crippen LogP contribution in [0.5, 0.6) is 0 Å². The molecule has 20 heavy (non-hydrogen) atoms. The minimum Gasteiger partial charge on any atom is -0.384 e. The minimum atomic E-state index is -0.269. The first-order chi connectivity index (χ1) is 9.81. The summed E-state index contributed by atoms with van der Waals surface area (Å²) in [7, 11) is 0. The van der Waals surface area contributed by atoms with Gasteiger partial charge in [-0.15, -0.1) is 0 Å². The van der Waals surface area contributed by atoms with Crippen molar-refractivity contribution in [2.45, 2.75) is 12.3 Å². The Balaban J connectivity index is 1.72. The highest BCUT2D eigenvalue weighted by molar-refractivity contribution is 5.75. The first-order valence-electron chi connectivity index (χ1n) is 6.77. The maximum atomic E-state index is 13.7. The third kappa shape index (κ3) is 1.76. The van der Waals surface area contributed by atoms with Crippen molar-refractivity contribution in [1.82, 2.24) is 9.97 Å². The van der Waals surface area contributed by atoms with Gasteiger partial charge in [0.1, 0.15) is 11.3 Å². The number of halogens is 1. The molecule has 0 bridgehead atoms. The van der Waals surface area contributed by atoms with Crippen molar-refractivity contribution in [3.05, 3.63) is 59.7 Å². The van der Waals surface area contributed by atoms with Gasteiger partial charge in [-0.2, -0.15) is 0 Å². The Hall–Kier alpha value is -2.36. The monoisotopic (exact) mass is 267 g/mol. The number of H-pyrrole nitrogens is 1. The molecule has 2 heterocycles. The van der Waals surface area contributed by atoms with Gasteiger partial charge in [-0.05, 0) is 30.2 Å². The number of hydrogen-bond donors (Lipinski definition) is 2. The highest BCUT2D eigenvalue weighted by atomic mass is 19.1. The molecule has 2 N–H and O–H groups in total. The lowest BCUT2D eigenvalue weighted by molar-refractivity contribution is 0.633. The topological polar surface area (TPSA) is 40.7 Å². The van der Waals surface area contributed by atoms with Crippen LogP contribution in [0.3, 0.4) is 0 Å². The molecular formula is C16H14FN3. The molecule has 0 aliphatic carbocycles. The summed E-state index contributed by atoms with van der Waals surface area (Å²) in [6, 6.07) is 13.3. The number of nitrogens with zero attached hydrogens (tertiary/aromatic N) is 1. The van der Waals surface area contributed by atoms with Crippen molar-refractivity contribution >= 4 is 16.7 Å². The Morgan fingerprint density at radius 2 is 2.00 bits per heavy atom. The van der Waals surface area contributed by atoms with E-state index < -0.39 is 0 Å². The summed E-state index contributed by atoms with van der Waals surface area (Å²) in [5.41, 5.74) is 3.66. The van der Waals surface area contributed by atoms with Gasteiger partial charge < -0.3 is 10.3 Å². The normalized spacial score (nSPS) is 17.8. The average molecular weight is 267 g/mol. The zero-order valence-electron chi connectivity index (χ0n) is 10.9. The minimum absolute atomic E-state index is 0.247. The van der Waals surface area contributed by atoms with Gasteiger partial charge in [-0.25, -0.2) is 9.37 Å². The lowest BCUT2D eigenvalue weighted by atomic mass is 9.93. The van der Waals surface area contributed by atoms with E-state index in [1.807, 2.05) is 18.2 Å². The molecule has 0 saturated carbocycles. The van der Waals surface area contributed by atoms with Crippen molar-refractivity contribution in [1.29, 1.82) is 0 Å². The van der Waals surface area contributed by atoms with Crippen LogP contribution in [-0.4, -0.2) is 16.5 Å². The van der Waals surface area contributed by atoms with Gasteiger partial charge in [-0.3, -0.25) is 0 Å². The summed E-state index contributed by atoms with van der Waals surface area (Å²) in [5.74, 6) is 0.831. The molecule has 4 rings (SSSR count). The Labute approximate surface area is 115 Å². The Bertz CT molecular complexity index is 778. The number of aromatic amines is 1. The summed E-state index contributed by atoms with van der Waals surface area (Å²) in [4.78, 5) is 7.68. The van der Waals surface area contributed by atoms with E-state index in [1.165, 1.54) is 17.3 Å². The molecule has 1 aromatic heterocycles. The van der Waals surface area contributed by atoms with Crippen LogP contribution in [0.2, 0.25) is 0 Å². The summed E-state index contributed by atoms with van der Waals surface area (Å²) in [5, 5.41) is 3.42. The number of para-hydroxylation sites is 2. The van der Waals surface area contributed by atoms with Crippen LogP contribution in [-0.2, 0) is 6.42 Å². The van der Waals surface area contributed by atoms with Crippen LogP contribution in [0.4, 0.5) is 10.1 Å². The summed E-state index contributed by atoms with van der Waals surface area (Å²) in [6.45, 7) is 0.818. The number of aromatic nitrogens is 2. The molecule has 2 aromatic carbocycles. The largest absolute Gasteiger partial charge is 0.384 e. The molecule has 3 nitrogen and oxygen atoms in total. The van der Waals surface area contributed by atoms with E-state index >= 15 is 0 Å². The van der Waals surface area contributed by atoms with Crippen LogP contribution >= 0.6 is 0 Å². The van der Waals surface area contributed by atoms with Crippen LogP contribution in [0.25, 0.3) is 11.0 Å². The van der Waals surface area contributed by atoms with Gasteiger partial charge in [0.05, 0.1) is 5.52 Å². The number of imidazole rings is 1. The molecule has 100 valence electrons. The molecule has 0 fully saturated rings. The molecule has 1 atom stereocenters. The molecule has 0 amide bonds. The standard InChI is InChI=1S/C16H14FN3/c17-12-5-3-7-14-15(12)20-16(19-14)11-8-10-4-1-2-6-13(10)18-9-11/h1-7,11,18H,8-9H2,(H,19,20). The quantitative estimate of drug-likeness (QED) is 0.709. The zero-order chi connectivity index (χ0) is 13.5. The Morgan fingerprint density at radius 1 is 1.10 bits per heavy atom. The van der Waals surface area contributed by atoms with E-state index in [2.05, 4.69) is 27.4 Å².